The molecule has 0 aromatic rings. The average Bonchev–Trinajstić information content (AvgIpc) is 3.15. The molecule has 2 fully saturated rings. The maximum Gasteiger partial charge on any atom is 0.306 e. The molecule has 0 bridgehead atoms. The van der Waals surface area contributed by atoms with Gasteiger partial charge in [0.25, 0.3) is 0 Å². The van der Waals surface area contributed by atoms with Crippen LogP contribution in [0.15, 0.2) is 47.1 Å². The Kier molecular flexibility index (Phi) is 6.83. The molecule has 0 amide bonds. The van der Waals surface area contributed by atoms with Crippen molar-refractivity contribution in [1.29, 1.82) is 0 Å². The minimum atomic E-state index is -2.13. The Morgan fingerprint density at radius 2 is 2.15 bits per heavy atom. The molecule has 0 spiro atoms. The number of ether oxygens (including phenoxy) is 1. The monoisotopic (exact) mass is 459 g/mol. The third-order valence-corrected chi connectivity index (χ3v) is 7.40. The molecule has 0 radical (unpaired) electrons. The fourth-order valence-corrected chi connectivity index (χ4v) is 5.77. The van der Waals surface area contributed by atoms with Gasteiger partial charge >= 0.3 is 5.97 Å². The van der Waals surface area contributed by atoms with Crippen molar-refractivity contribution in [3.63, 3.8) is 0 Å². The molecule has 33 heavy (non-hydrogen) atoms. The highest BCUT2D eigenvalue weighted by atomic mass is 16.6. The zero-order chi connectivity index (χ0) is 26.9. The van der Waals surface area contributed by atoms with Crippen molar-refractivity contribution in [1.82, 2.24) is 0 Å². The zero-order valence-electron chi connectivity index (χ0n) is 23.8. The van der Waals surface area contributed by atoms with Crippen LogP contribution in [0.1, 0.15) is 96.4 Å². The second-order valence-corrected chi connectivity index (χ2v) is 11.2. The summed E-state index contributed by atoms with van der Waals surface area (Å²) in [6.45, 7) is 9.53. The predicted octanol–water partition coefficient (Wildman–Crippen LogP) is 6.20. The van der Waals surface area contributed by atoms with E-state index in [2.05, 4.69) is 19.6 Å². The molecule has 0 aliphatic heterocycles. The van der Waals surface area contributed by atoms with Gasteiger partial charge in [0.15, 0.2) is 0 Å². The van der Waals surface area contributed by atoms with Crippen molar-refractivity contribution in [2.24, 2.45) is 17.3 Å². The number of carbonyl (C=O) groups is 1. The Labute approximate surface area is 204 Å². The van der Waals surface area contributed by atoms with E-state index in [-0.39, 0.29) is 17.8 Å². The molecule has 0 saturated heterocycles. The summed E-state index contributed by atoms with van der Waals surface area (Å²) in [5.41, 5.74) is 2.22. The van der Waals surface area contributed by atoms with Gasteiger partial charge in [-0.3, -0.25) is 4.79 Å². The molecule has 3 rings (SSSR count). The van der Waals surface area contributed by atoms with Crippen LogP contribution in [-0.2, 0) is 9.53 Å². The first-order chi connectivity index (χ1) is 16.7. The van der Waals surface area contributed by atoms with E-state index < -0.39 is 30.1 Å². The summed E-state index contributed by atoms with van der Waals surface area (Å²) in [6, 6.07) is 0. The van der Waals surface area contributed by atoms with Crippen molar-refractivity contribution in [2.75, 3.05) is 0 Å². The number of aliphatic hydroxyl groups is 2. The number of allylic oxidation sites excluding steroid dienone is 5. The minimum Gasteiger partial charge on any atom is -0.460 e. The number of aliphatic hydroxyl groups excluding tert-OH is 2. The summed E-state index contributed by atoms with van der Waals surface area (Å²) < 4.78 is 31.3. The SMILES string of the molecule is [2H]C([2H])([2H])[C@]12CCC/C(=C\C=C3\C[C@@H](O)C[C@H](O)C3=C)[C@@H]1CC=C2[C@H](C)CCCC(=O)OC(C)(C)C. The van der Waals surface area contributed by atoms with Crippen LogP contribution in [0, 0.1) is 17.3 Å². The Balaban J connectivity index is 1.79. The molecule has 5 atom stereocenters. The zero-order valence-corrected chi connectivity index (χ0v) is 20.8. The van der Waals surface area contributed by atoms with Gasteiger partial charge in [0.2, 0.25) is 0 Å². The van der Waals surface area contributed by atoms with Gasteiger partial charge in [-0.2, -0.15) is 0 Å². The van der Waals surface area contributed by atoms with Gasteiger partial charge in [-0.25, -0.2) is 0 Å². The first-order valence-electron chi connectivity index (χ1n) is 14.0. The Morgan fingerprint density at radius 1 is 1.39 bits per heavy atom. The van der Waals surface area contributed by atoms with Crippen LogP contribution in [0.4, 0.5) is 0 Å². The predicted molar refractivity (Wildman–Crippen MR) is 134 cm³/mol. The number of carbonyl (C=O) groups excluding carboxylic acids is 1. The van der Waals surface area contributed by atoms with Crippen LogP contribution in [0.5, 0.6) is 0 Å². The molecule has 0 heterocycles. The van der Waals surface area contributed by atoms with Gasteiger partial charge in [0.1, 0.15) is 5.60 Å². The molecule has 0 unspecified atom stereocenters. The van der Waals surface area contributed by atoms with Crippen LogP contribution in [-0.4, -0.2) is 34.0 Å². The van der Waals surface area contributed by atoms with Crippen LogP contribution >= 0.6 is 0 Å². The highest BCUT2D eigenvalue weighted by Gasteiger charge is 2.45. The van der Waals surface area contributed by atoms with E-state index in [9.17, 15) is 15.0 Å². The molecule has 3 aliphatic carbocycles. The number of rotatable bonds is 6. The molecule has 4 nitrogen and oxygen atoms in total. The first-order valence-corrected chi connectivity index (χ1v) is 12.5. The fourth-order valence-electron chi connectivity index (χ4n) is 5.77. The summed E-state index contributed by atoms with van der Waals surface area (Å²) in [4.78, 5) is 12.1. The van der Waals surface area contributed by atoms with E-state index in [1.54, 1.807) is 0 Å². The van der Waals surface area contributed by atoms with Crippen molar-refractivity contribution in [3.05, 3.63) is 47.1 Å². The molecular weight excluding hydrogens is 412 g/mol. The molecule has 2 N–H and O–H groups in total. The lowest BCUT2D eigenvalue weighted by Crippen LogP contribution is -2.32. The number of fused-ring (bicyclic) bond motifs is 1. The molecule has 0 aromatic heterocycles. The van der Waals surface area contributed by atoms with E-state index >= 15 is 0 Å². The van der Waals surface area contributed by atoms with Crippen LogP contribution < -0.4 is 0 Å². The second-order valence-electron chi connectivity index (χ2n) is 11.2. The lowest BCUT2D eigenvalue weighted by molar-refractivity contribution is -0.154. The Bertz CT molecular complexity index is 937. The molecule has 3 aliphatic rings. The van der Waals surface area contributed by atoms with Crippen LogP contribution in [0.2, 0.25) is 0 Å². The summed E-state index contributed by atoms with van der Waals surface area (Å²) in [5, 5.41) is 20.3. The lowest BCUT2D eigenvalue weighted by Gasteiger charge is -2.42. The van der Waals surface area contributed by atoms with Gasteiger partial charge in [0.05, 0.1) is 12.2 Å². The third-order valence-electron chi connectivity index (χ3n) is 7.40. The summed E-state index contributed by atoms with van der Waals surface area (Å²) in [7, 11) is 0. The van der Waals surface area contributed by atoms with Crippen molar-refractivity contribution < 1.29 is 23.9 Å². The van der Waals surface area contributed by atoms with Gasteiger partial charge in [0, 0.05) is 17.0 Å². The molecule has 4 heteroatoms. The van der Waals surface area contributed by atoms with Crippen molar-refractivity contribution in [2.45, 2.75) is 110 Å². The van der Waals surface area contributed by atoms with Crippen LogP contribution in [0.25, 0.3) is 0 Å². The summed E-state index contributed by atoms with van der Waals surface area (Å²) in [6.07, 6.45) is 10.2. The lowest BCUT2D eigenvalue weighted by atomic mass is 9.62. The summed E-state index contributed by atoms with van der Waals surface area (Å²) >= 11 is 0. The maximum absolute atomic E-state index is 12.1. The topological polar surface area (TPSA) is 66.8 Å². The smallest absolute Gasteiger partial charge is 0.306 e. The quantitative estimate of drug-likeness (QED) is 0.367. The highest BCUT2D eigenvalue weighted by Crippen LogP contribution is 2.57. The summed E-state index contributed by atoms with van der Waals surface area (Å²) in [5.74, 6) is -0.237. The van der Waals surface area contributed by atoms with Crippen molar-refractivity contribution in [3.8, 4) is 0 Å². The van der Waals surface area contributed by atoms with Gasteiger partial charge in [-0.15, -0.1) is 0 Å². The van der Waals surface area contributed by atoms with Crippen molar-refractivity contribution >= 4 is 5.97 Å². The van der Waals surface area contributed by atoms with E-state index in [4.69, 9.17) is 8.85 Å². The fraction of sp³-hybridized carbons (Fsp3) is 0.690. The second kappa shape index (κ2) is 10.3. The normalized spacial score (nSPS) is 35.5. The standard InChI is InChI=1S/C29H44O4/c1-19(9-7-11-27(32)33-28(3,4)5)24-14-15-25-21(10-8-16-29(24,25)6)12-13-22-17-23(30)18-26(31)20(22)2/h12-14,19,23,25-26,30-31H,2,7-11,15-18H2,1,3-6H3/b21-12+,22-13-/t19-,23-,25+,26+,29-/m1/s1/i6D3. The largest absolute Gasteiger partial charge is 0.460 e. The van der Waals surface area contributed by atoms with Gasteiger partial charge in [-0.05, 0) is 94.1 Å². The minimum absolute atomic E-state index is 0.0685. The van der Waals surface area contributed by atoms with E-state index in [0.29, 0.717) is 44.1 Å². The average molecular weight is 460 g/mol. The number of hydrogen-bond donors (Lipinski definition) is 2. The van der Waals surface area contributed by atoms with Gasteiger partial charge in [-0.1, -0.05) is 49.7 Å². The molecular formula is C29H44O4. The molecule has 2 saturated carbocycles. The number of hydrogen-bond acceptors (Lipinski definition) is 4. The molecule has 184 valence electrons. The highest BCUT2D eigenvalue weighted by molar-refractivity contribution is 5.69. The van der Waals surface area contributed by atoms with Crippen LogP contribution in [0.3, 0.4) is 0 Å². The number of esters is 1. The maximum atomic E-state index is 12.1. The van der Waals surface area contributed by atoms with E-state index in [1.165, 1.54) is 0 Å². The van der Waals surface area contributed by atoms with Gasteiger partial charge < -0.3 is 14.9 Å². The Morgan fingerprint density at radius 3 is 2.85 bits per heavy atom. The van der Waals surface area contributed by atoms with E-state index in [1.807, 2.05) is 32.9 Å². The third kappa shape index (κ3) is 6.27. The Hall–Kier alpha value is -1.65. The molecule has 0 aromatic carbocycles. The first kappa shape index (κ1) is 21.9. The van der Waals surface area contributed by atoms with E-state index in [0.717, 1.165) is 36.0 Å².